The highest BCUT2D eigenvalue weighted by Gasteiger charge is 2.31. The van der Waals surface area contributed by atoms with E-state index in [1.165, 1.54) is 22.5 Å². The maximum Gasteiger partial charge on any atom is 0.260 e. The number of aryl methyl sites for hydroxylation is 2. The van der Waals surface area contributed by atoms with Gasteiger partial charge in [0.2, 0.25) is 10.0 Å². The standard InChI is InChI=1S/C29H38N4O4S2/c1-21-19-26-27(20-22(21)2)38-29(30-26)32(13-6-12-31-15-17-37-18-16-31)28(34)24-8-10-25(11-9-24)39(35,36)33-14-5-4-7-23(33)3/h8-11,19-20,23H,4-7,12-18H2,1-3H3. The van der Waals surface area contributed by atoms with Gasteiger partial charge in [0, 0.05) is 44.3 Å². The van der Waals surface area contributed by atoms with Gasteiger partial charge in [0.05, 0.1) is 28.3 Å². The number of fused-ring (bicyclic) bond motifs is 1. The quantitative estimate of drug-likeness (QED) is 0.385. The average molecular weight is 571 g/mol. The first-order valence-corrected chi connectivity index (χ1v) is 16.1. The Morgan fingerprint density at radius 3 is 2.51 bits per heavy atom. The van der Waals surface area contributed by atoms with Gasteiger partial charge in [-0.15, -0.1) is 0 Å². The molecule has 210 valence electrons. The number of hydrogen-bond donors (Lipinski definition) is 0. The summed E-state index contributed by atoms with van der Waals surface area (Å²) in [6.45, 7) is 11.3. The van der Waals surface area contributed by atoms with Crippen molar-refractivity contribution in [3.8, 4) is 0 Å². The van der Waals surface area contributed by atoms with Crippen LogP contribution in [-0.4, -0.2) is 80.5 Å². The summed E-state index contributed by atoms with van der Waals surface area (Å²) in [6, 6.07) is 10.6. The van der Waals surface area contributed by atoms with E-state index in [-0.39, 0.29) is 16.8 Å². The van der Waals surface area contributed by atoms with Gasteiger partial charge in [-0.3, -0.25) is 14.6 Å². The third-order valence-electron chi connectivity index (χ3n) is 7.88. The van der Waals surface area contributed by atoms with Crippen LogP contribution >= 0.6 is 11.3 Å². The zero-order chi connectivity index (χ0) is 27.6. The van der Waals surface area contributed by atoms with Crippen LogP contribution in [0.1, 0.15) is 54.1 Å². The van der Waals surface area contributed by atoms with Crippen molar-refractivity contribution >= 4 is 42.6 Å². The highest BCUT2D eigenvalue weighted by Crippen LogP contribution is 2.32. The molecule has 39 heavy (non-hydrogen) atoms. The minimum atomic E-state index is -3.60. The average Bonchev–Trinajstić information content (AvgIpc) is 3.34. The van der Waals surface area contributed by atoms with Crippen LogP contribution in [-0.2, 0) is 14.8 Å². The number of amides is 1. The molecular formula is C29H38N4O4S2. The van der Waals surface area contributed by atoms with E-state index in [1.54, 1.807) is 33.5 Å². The molecule has 5 rings (SSSR count). The maximum absolute atomic E-state index is 13.9. The molecule has 10 heteroatoms. The maximum atomic E-state index is 13.9. The number of rotatable bonds is 8. The van der Waals surface area contributed by atoms with Gasteiger partial charge in [-0.05, 0) is 87.6 Å². The highest BCUT2D eigenvalue weighted by molar-refractivity contribution is 7.89. The van der Waals surface area contributed by atoms with Crippen LogP contribution in [0.25, 0.3) is 10.2 Å². The largest absolute Gasteiger partial charge is 0.379 e. The van der Waals surface area contributed by atoms with E-state index in [2.05, 4.69) is 30.9 Å². The fourth-order valence-corrected chi connectivity index (χ4v) is 8.10. The molecule has 0 N–H and O–H groups in total. The Kier molecular flexibility index (Phi) is 8.68. The van der Waals surface area contributed by atoms with Crippen LogP contribution in [0.15, 0.2) is 41.3 Å². The molecule has 2 aromatic carbocycles. The van der Waals surface area contributed by atoms with Crippen molar-refractivity contribution in [2.75, 3.05) is 50.8 Å². The first-order valence-electron chi connectivity index (χ1n) is 13.9. The van der Waals surface area contributed by atoms with Gasteiger partial charge in [-0.25, -0.2) is 13.4 Å². The molecule has 0 radical (unpaired) electrons. The zero-order valence-electron chi connectivity index (χ0n) is 23.1. The number of morpholine rings is 1. The first kappa shape index (κ1) is 28.2. The van der Waals surface area contributed by atoms with E-state index < -0.39 is 10.0 Å². The van der Waals surface area contributed by atoms with Crippen LogP contribution in [0.4, 0.5) is 5.13 Å². The summed E-state index contributed by atoms with van der Waals surface area (Å²) in [5.74, 6) is -0.167. The monoisotopic (exact) mass is 570 g/mol. The number of anilines is 1. The minimum Gasteiger partial charge on any atom is -0.379 e. The summed E-state index contributed by atoms with van der Waals surface area (Å²) in [4.78, 5) is 23.0. The van der Waals surface area contributed by atoms with E-state index in [0.717, 1.165) is 68.7 Å². The van der Waals surface area contributed by atoms with Crippen molar-refractivity contribution in [2.24, 2.45) is 0 Å². The van der Waals surface area contributed by atoms with Crippen molar-refractivity contribution in [3.05, 3.63) is 53.1 Å². The number of benzene rings is 2. The summed E-state index contributed by atoms with van der Waals surface area (Å²) in [6.07, 6.45) is 3.60. The lowest BCUT2D eigenvalue weighted by molar-refractivity contribution is 0.0376. The Hall–Kier alpha value is -2.37. The van der Waals surface area contributed by atoms with Crippen LogP contribution in [0.3, 0.4) is 0 Å². The SMILES string of the molecule is Cc1cc2nc(N(CCCN3CCOCC3)C(=O)c3ccc(S(=O)(=O)N4CCCCC4C)cc3)sc2cc1C. The first-order chi connectivity index (χ1) is 18.7. The number of carbonyl (C=O) groups is 1. The van der Waals surface area contributed by atoms with Crippen LogP contribution in [0.2, 0.25) is 0 Å². The summed E-state index contributed by atoms with van der Waals surface area (Å²) >= 11 is 1.52. The van der Waals surface area contributed by atoms with E-state index in [9.17, 15) is 13.2 Å². The lowest BCUT2D eigenvalue weighted by atomic mass is 10.1. The third-order valence-corrected chi connectivity index (χ3v) is 10.9. The van der Waals surface area contributed by atoms with Crippen molar-refractivity contribution in [1.29, 1.82) is 0 Å². The predicted octanol–water partition coefficient (Wildman–Crippen LogP) is 4.85. The number of aromatic nitrogens is 1. The van der Waals surface area contributed by atoms with E-state index in [0.29, 0.717) is 23.8 Å². The van der Waals surface area contributed by atoms with Crippen molar-refractivity contribution in [1.82, 2.24) is 14.2 Å². The van der Waals surface area contributed by atoms with Gasteiger partial charge in [0.25, 0.3) is 5.91 Å². The van der Waals surface area contributed by atoms with Crippen molar-refractivity contribution in [2.45, 2.75) is 57.4 Å². The Bertz CT molecular complexity index is 1380. The number of nitrogens with zero attached hydrogens (tertiary/aromatic N) is 4. The van der Waals surface area contributed by atoms with Crippen LogP contribution in [0.5, 0.6) is 0 Å². The van der Waals surface area contributed by atoms with E-state index in [4.69, 9.17) is 9.72 Å². The molecule has 2 fully saturated rings. The molecule has 2 aliphatic rings. The molecule has 1 atom stereocenters. The Balaban J connectivity index is 1.39. The Morgan fingerprint density at radius 2 is 1.79 bits per heavy atom. The molecule has 0 bridgehead atoms. The summed E-state index contributed by atoms with van der Waals surface area (Å²) in [7, 11) is -3.60. The smallest absolute Gasteiger partial charge is 0.260 e. The second-order valence-electron chi connectivity index (χ2n) is 10.6. The minimum absolute atomic E-state index is 0.0154. The van der Waals surface area contributed by atoms with Gasteiger partial charge >= 0.3 is 0 Å². The molecule has 1 aromatic heterocycles. The molecule has 0 saturated carbocycles. The lowest BCUT2D eigenvalue weighted by Crippen LogP contribution is -2.41. The Morgan fingerprint density at radius 1 is 1.08 bits per heavy atom. The molecule has 2 aliphatic heterocycles. The zero-order valence-corrected chi connectivity index (χ0v) is 24.7. The van der Waals surface area contributed by atoms with Gasteiger partial charge in [0.15, 0.2) is 5.13 Å². The molecule has 2 saturated heterocycles. The second kappa shape index (κ2) is 12.0. The van der Waals surface area contributed by atoms with Crippen LogP contribution < -0.4 is 4.90 Å². The lowest BCUT2D eigenvalue weighted by Gasteiger charge is -2.32. The van der Waals surface area contributed by atoms with E-state index in [1.807, 2.05) is 6.92 Å². The number of thiazole rings is 1. The molecule has 8 nitrogen and oxygen atoms in total. The molecule has 1 unspecified atom stereocenters. The Labute approximate surface area is 235 Å². The van der Waals surface area contributed by atoms with Crippen molar-refractivity contribution < 1.29 is 17.9 Å². The molecule has 1 amide bonds. The number of ether oxygens (including phenoxy) is 1. The molecule has 3 heterocycles. The summed E-state index contributed by atoms with van der Waals surface area (Å²) in [5, 5.41) is 0.667. The number of sulfonamides is 1. The fraction of sp³-hybridized carbons (Fsp3) is 0.517. The molecule has 3 aromatic rings. The van der Waals surface area contributed by atoms with Gasteiger partial charge in [-0.1, -0.05) is 17.8 Å². The van der Waals surface area contributed by atoms with E-state index >= 15 is 0 Å². The fourth-order valence-electron chi connectivity index (χ4n) is 5.33. The normalized spacial score (nSPS) is 19.4. The van der Waals surface area contributed by atoms with Crippen molar-refractivity contribution in [3.63, 3.8) is 0 Å². The second-order valence-corrected chi connectivity index (χ2v) is 13.5. The highest BCUT2D eigenvalue weighted by atomic mass is 32.2. The summed E-state index contributed by atoms with van der Waals surface area (Å²) in [5.41, 5.74) is 3.71. The number of carbonyl (C=O) groups excluding carboxylic acids is 1. The summed E-state index contributed by atoms with van der Waals surface area (Å²) < 4.78 is 34.7. The van der Waals surface area contributed by atoms with Gasteiger partial charge in [-0.2, -0.15) is 4.31 Å². The topological polar surface area (TPSA) is 83.0 Å². The molecule has 0 spiro atoms. The molecular weight excluding hydrogens is 532 g/mol. The van der Waals surface area contributed by atoms with Gasteiger partial charge in [0.1, 0.15) is 0 Å². The molecule has 0 aliphatic carbocycles. The number of piperidine rings is 1. The van der Waals surface area contributed by atoms with Crippen LogP contribution in [0, 0.1) is 13.8 Å². The number of hydrogen-bond acceptors (Lipinski definition) is 7. The third kappa shape index (κ3) is 6.20. The predicted molar refractivity (Wildman–Crippen MR) is 156 cm³/mol. The van der Waals surface area contributed by atoms with Gasteiger partial charge < -0.3 is 4.74 Å².